The molecule has 0 aromatic heterocycles. The van der Waals surface area contributed by atoms with Gasteiger partial charge < -0.3 is 10.2 Å². The summed E-state index contributed by atoms with van der Waals surface area (Å²) >= 11 is 0. The fourth-order valence-corrected chi connectivity index (χ4v) is 1.85. The van der Waals surface area contributed by atoms with Crippen LogP contribution < -0.4 is 0 Å². The third-order valence-electron chi connectivity index (χ3n) is 2.97. The van der Waals surface area contributed by atoms with Gasteiger partial charge in [0.25, 0.3) is 0 Å². The maximum Gasteiger partial charge on any atom is 0.328 e. The average molecular weight is 281 g/mol. The Morgan fingerprint density at radius 2 is 2.20 bits per heavy atom. The molecule has 0 fully saturated rings. The Morgan fingerprint density at radius 1 is 1.45 bits per heavy atom. The third kappa shape index (κ3) is 5.50. The number of halogens is 1. The van der Waals surface area contributed by atoms with Gasteiger partial charge in [0.15, 0.2) is 0 Å². The summed E-state index contributed by atoms with van der Waals surface area (Å²) in [7, 11) is 0. The minimum Gasteiger partial charge on any atom is -0.478 e. The molecule has 0 aliphatic carbocycles. The monoisotopic (exact) mass is 281 g/mol. The summed E-state index contributed by atoms with van der Waals surface area (Å²) in [5, 5.41) is 17.3. The molecule has 0 spiro atoms. The van der Waals surface area contributed by atoms with Gasteiger partial charge in [-0.2, -0.15) is 0 Å². The molecule has 20 heavy (non-hydrogen) atoms. The van der Waals surface area contributed by atoms with Crippen LogP contribution in [0.5, 0.6) is 0 Å². The number of rotatable bonds is 8. The van der Waals surface area contributed by atoms with Gasteiger partial charge in [0.1, 0.15) is 5.82 Å². The van der Waals surface area contributed by atoms with Gasteiger partial charge in [0.05, 0.1) is 0 Å². The molecule has 0 aliphatic heterocycles. The standard InChI is InChI=1S/C15H20FNO3/c1-2-17(8-3-9-18)11-13-6-4-12(10-14(13)16)5-7-15(19)20/h4-7,10,18H,2-3,8-9,11H2,1H3,(H,19,20)/b7-5+. The van der Waals surface area contributed by atoms with Crippen LogP contribution in [0.15, 0.2) is 24.3 Å². The summed E-state index contributed by atoms with van der Waals surface area (Å²) in [6, 6.07) is 4.69. The fourth-order valence-electron chi connectivity index (χ4n) is 1.85. The van der Waals surface area contributed by atoms with Gasteiger partial charge in [0, 0.05) is 31.3 Å². The highest BCUT2D eigenvalue weighted by Gasteiger charge is 2.08. The zero-order valence-corrected chi connectivity index (χ0v) is 11.6. The Hall–Kier alpha value is -1.72. The summed E-state index contributed by atoms with van der Waals surface area (Å²) < 4.78 is 13.9. The van der Waals surface area contributed by atoms with Crippen molar-refractivity contribution in [3.05, 3.63) is 41.2 Å². The predicted molar refractivity (Wildman–Crippen MR) is 75.7 cm³/mol. The van der Waals surface area contributed by atoms with E-state index >= 15 is 0 Å². The van der Waals surface area contributed by atoms with E-state index in [2.05, 4.69) is 0 Å². The number of aliphatic hydroxyl groups excluding tert-OH is 1. The molecule has 1 rings (SSSR count). The molecule has 1 aromatic carbocycles. The summed E-state index contributed by atoms with van der Waals surface area (Å²) in [4.78, 5) is 12.4. The van der Waals surface area contributed by atoms with Crippen molar-refractivity contribution < 1.29 is 19.4 Å². The average Bonchev–Trinajstić information content (AvgIpc) is 2.43. The van der Waals surface area contributed by atoms with E-state index in [1.165, 1.54) is 12.1 Å². The van der Waals surface area contributed by atoms with Gasteiger partial charge in [-0.3, -0.25) is 4.90 Å². The highest BCUT2D eigenvalue weighted by atomic mass is 19.1. The maximum absolute atomic E-state index is 13.9. The quantitative estimate of drug-likeness (QED) is 0.717. The molecular weight excluding hydrogens is 261 g/mol. The number of aliphatic hydroxyl groups is 1. The van der Waals surface area contributed by atoms with Crippen molar-refractivity contribution in [1.82, 2.24) is 4.90 Å². The van der Waals surface area contributed by atoms with E-state index in [1.807, 2.05) is 11.8 Å². The minimum absolute atomic E-state index is 0.123. The number of aliphatic carboxylic acids is 1. The lowest BCUT2D eigenvalue weighted by molar-refractivity contribution is -0.131. The number of carbonyl (C=O) groups is 1. The molecule has 0 bridgehead atoms. The molecule has 0 atom stereocenters. The van der Waals surface area contributed by atoms with Crippen molar-refractivity contribution in [2.75, 3.05) is 19.7 Å². The molecule has 110 valence electrons. The van der Waals surface area contributed by atoms with E-state index in [-0.39, 0.29) is 12.4 Å². The second-order valence-corrected chi connectivity index (χ2v) is 4.47. The number of hydrogen-bond acceptors (Lipinski definition) is 3. The van der Waals surface area contributed by atoms with Crippen molar-refractivity contribution in [2.24, 2.45) is 0 Å². The molecule has 2 N–H and O–H groups in total. The largest absolute Gasteiger partial charge is 0.478 e. The first-order valence-electron chi connectivity index (χ1n) is 6.59. The molecule has 0 amide bonds. The number of nitrogens with zero attached hydrogens (tertiary/aromatic N) is 1. The SMILES string of the molecule is CCN(CCCO)Cc1ccc(/C=C/C(=O)O)cc1F. The van der Waals surface area contributed by atoms with Gasteiger partial charge in [-0.15, -0.1) is 0 Å². The van der Waals surface area contributed by atoms with E-state index < -0.39 is 5.97 Å². The number of benzene rings is 1. The van der Waals surface area contributed by atoms with E-state index in [4.69, 9.17) is 10.2 Å². The van der Waals surface area contributed by atoms with Crippen LogP contribution in [0.4, 0.5) is 4.39 Å². The van der Waals surface area contributed by atoms with Crippen LogP contribution in [0.1, 0.15) is 24.5 Å². The lowest BCUT2D eigenvalue weighted by Crippen LogP contribution is -2.25. The van der Waals surface area contributed by atoms with Crippen LogP contribution in [-0.4, -0.2) is 40.8 Å². The van der Waals surface area contributed by atoms with Gasteiger partial charge in [0.2, 0.25) is 0 Å². The van der Waals surface area contributed by atoms with E-state index in [0.717, 1.165) is 12.6 Å². The zero-order valence-electron chi connectivity index (χ0n) is 11.6. The molecule has 0 unspecified atom stereocenters. The summed E-state index contributed by atoms with van der Waals surface area (Å²) in [6.45, 7) is 4.08. The lowest BCUT2D eigenvalue weighted by Gasteiger charge is -2.20. The van der Waals surface area contributed by atoms with Crippen molar-refractivity contribution in [2.45, 2.75) is 19.9 Å². The molecule has 4 nitrogen and oxygen atoms in total. The van der Waals surface area contributed by atoms with E-state index in [1.54, 1.807) is 12.1 Å². The maximum atomic E-state index is 13.9. The van der Waals surface area contributed by atoms with Gasteiger partial charge >= 0.3 is 5.97 Å². The molecule has 0 aliphatic rings. The first-order chi connectivity index (χ1) is 9.56. The van der Waals surface area contributed by atoms with Crippen molar-refractivity contribution in [1.29, 1.82) is 0 Å². The normalized spacial score (nSPS) is 11.4. The zero-order chi connectivity index (χ0) is 15.0. The van der Waals surface area contributed by atoms with Crippen LogP contribution >= 0.6 is 0 Å². The molecular formula is C15H20FNO3. The Labute approximate surface area is 118 Å². The topological polar surface area (TPSA) is 60.8 Å². The summed E-state index contributed by atoms with van der Waals surface area (Å²) in [6.07, 6.45) is 3.00. The van der Waals surface area contributed by atoms with Crippen molar-refractivity contribution in [3.63, 3.8) is 0 Å². The van der Waals surface area contributed by atoms with Crippen molar-refractivity contribution in [3.8, 4) is 0 Å². The minimum atomic E-state index is -1.06. The second-order valence-electron chi connectivity index (χ2n) is 4.47. The molecule has 0 radical (unpaired) electrons. The van der Waals surface area contributed by atoms with Crippen LogP contribution in [0.25, 0.3) is 6.08 Å². The van der Waals surface area contributed by atoms with Crippen LogP contribution in [0.2, 0.25) is 0 Å². The first kappa shape index (κ1) is 16.3. The summed E-state index contributed by atoms with van der Waals surface area (Å²) in [5.41, 5.74) is 1.09. The first-order valence-corrected chi connectivity index (χ1v) is 6.59. The highest BCUT2D eigenvalue weighted by Crippen LogP contribution is 2.14. The Bertz CT molecular complexity index is 474. The van der Waals surface area contributed by atoms with E-state index in [9.17, 15) is 9.18 Å². The predicted octanol–water partition coefficient (Wildman–Crippen LogP) is 2.13. The third-order valence-corrected chi connectivity index (χ3v) is 2.97. The number of hydrogen-bond donors (Lipinski definition) is 2. The summed E-state index contributed by atoms with van der Waals surface area (Å²) in [5.74, 6) is -1.41. The lowest BCUT2D eigenvalue weighted by atomic mass is 10.1. The molecule has 5 heteroatoms. The van der Waals surface area contributed by atoms with Crippen molar-refractivity contribution >= 4 is 12.0 Å². The molecule has 0 saturated carbocycles. The smallest absolute Gasteiger partial charge is 0.328 e. The Kier molecular flexibility index (Phi) is 6.90. The molecule has 0 saturated heterocycles. The van der Waals surface area contributed by atoms with Gasteiger partial charge in [-0.25, -0.2) is 9.18 Å². The van der Waals surface area contributed by atoms with E-state index in [0.29, 0.717) is 30.6 Å². The van der Waals surface area contributed by atoms with Gasteiger partial charge in [-0.1, -0.05) is 19.1 Å². The fraction of sp³-hybridized carbons (Fsp3) is 0.400. The molecule has 0 heterocycles. The highest BCUT2D eigenvalue weighted by molar-refractivity contribution is 5.85. The van der Waals surface area contributed by atoms with Crippen LogP contribution in [0, 0.1) is 5.82 Å². The van der Waals surface area contributed by atoms with Crippen LogP contribution in [-0.2, 0) is 11.3 Å². The Balaban J connectivity index is 2.74. The molecule has 1 aromatic rings. The number of carboxylic acid groups (broad SMARTS) is 1. The van der Waals surface area contributed by atoms with Gasteiger partial charge in [-0.05, 0) is 30.7 Å². The second kappa shape index (κ2) is 8.45. The van der Waals surface area contributed by atoms with Crippen LogP contribution in [0.3, 0.4) is 0 Å². The number of carboxylic acids is 1. The Morgan fingerprint density at radius 3 is 2.75 bits per heavy atom.